The molecule has 0 saturated carbocycles. The molecule has 1 aromatic carbocycles. The van der Waals surface area contributed by atoms with E-state index in [4.69, 9.17) is 0 Å². The van der Waals surface area contributed by atoms with Crippen molar-refractivity contribution in [2.24, 2.45) is 0 Å². The molecule has 66 valence electrons. The van der Waals surface area contributed by atoms with Crippen LogP contribution in [0.25, 0.3) is 16.3 Å². The van der Waals surface area contributed by atoms with Gasteiger partial charge < -0.3 is 5.11 Å². The summed E-state index contributed by atoms with van der Waals surface area (Å²) < 4.78 is 1.82. The largest absolute Gasteiger partial charge is 0.506 e. The highest BCUT2D eigenvalue weighted by molar-refractivity contribution is 9.10. The Bertz CT molecular complexity index is 478. The lowest BCUT2D eigenvalue weighted by Crippen LogP contribution is -1.71. The fourth-order valence-electron chi connectivity index (χ4n) is 1.08. The minimum Gasteiger partial charge on any atom is -0.506 e. The van der Waals surface area contributed by atoms with Crippen LogP contribution in [-0.4, -0.2) is 10.1 Å². The van der Waals surface area contributed by atoms with Crippen LogP contribution < -0.4 is 0 Å². The number of hydrogen-bond acceptors (Lipinski definition) is 3. The molecule has 0 saturated heterocycles. The van der Waals surface area contributed by atoms with Gasteiger partial charge >= 0.3 is 0 Å². The second-order valence-electron chi connectivity index (χ2n) is 2.53. The number of benzene rings is 1. The molecule has 0 aliphatic carbocycles. The molecule has 2 rings (SSSR count). The van der Waals surface area contributed by atoms with E-state index in [1.165, 1.54) is 11.3 Å². The molecule has 0 spiro atoms. The van der Waals surface area contributed by atoms with Crippen LogP contribution in [0.2, 0.25) is 0 Å². The van der Waals surface area contributed by atoms with Crippen molar-refractivity contribution >= 4 is 43.6 Å². The monoisotopic (exact) mass is 255 g/mol. The number of aromatic nitrogens is 1. The number of hydrogen-bond donors (Lipinski definition) is 1. The maximum absolute atomic E-state index is 9.54. The number of thiazole rings is 1. The zero-order valence-corrected chi connectivity index (χ0v) is 9.02. The van der Waals surface area contributed by atoms with E-state index in [0.717, 1.165) is 14.2 Å². The normalized spacial score (nSPS) is 10.5. The van der Waals surface area contributed by atoms with Crippen LogP contribution in [0.3, 0.4) is 0 Å². The van der Waals surface area contributed by atoms with Crippen molar-refractivity contribution in [1.82, 2.24) is 4.98 Å². The molecular formula is C9H6BrNOS. The van der Waals surface area contributed by atoms with Crippen LogP contribution in [0, 0.1) is 0 Å². The van der Waals surface area contributed by atoms with Gasteiger partial charge in [-0.3, -0.25) is 0 Å². The van der Waals surface area contributed by atoms with E-state index in [1.807, 2.05) is 6.07 Å². The van der Waals surface area contributed by atoms with E-state index >= 15 is 0 Å². The van der Waals surface area contributed by atoms with Gasteiger partial charge in [-0.1, -0.05) is 22.5 Å². The van der Waals surface area contributed by atoms with Crippen molar-refractivity contribution in [2.75, 3.05) is 0 Å². The Balaban J connectivity index is 2.82. The van der Waals surface area contributed by atoms with Crippen LogP contribution in [0.15, 0.2) is 23.2 Å². The maximum atomic E-state index is 9.54. The summed E-state index contributed by atoms with van der Waals surface area (Å²) in [5.41, 5.74) is 0.642. The van der Waals surface area contributed by atoms with Crippen LogP contribution >= 0.6 is 27.3 Å². The summed E-state index contributed by atoms with van der Waals surface area (Å²) in [6, 6.07) is 3.56. The van der Waals surface area contributed by atoms with Crippen molar-refractivity contribution in [3.05, 3.63) is 28.2 Å². The number of halogens is 1. The first-order chi connectivity index (χ1) is 6.20. The lowest BCUT2D eigenvalue weighted by atomic mass is 10.3. The summed E-state index contributed by atoms with van der Waals surface area (Å²) in [6.07, 6.45) is 1.68. The molecule has 2 aromatic rings. The molecule has 0 unspecified atom stereocenters. The highest BCUT2D eigenvalue weighted by atomic mass is 79.9. The van der Waals surface area contributed by atoms with E-state index < -0.39 is 0 Å². The van der Waals surface area contributed by atoms with Crippen molar-refractivity contribution in [3.63, 3.8) is 0 Å². The third-order valence-electron chi connectivity index (χ3n) is 1.63. The Morgan fingerprint density at radius 2 is 2.31 bits per heavy atom. The summed E-state index contributed by atoms with van der Waals surface area (Å²) in [5, 5.41) is 10.4. The first kappa shape index (κ1) is 8.72. The minimum absolute atomic E-state index is 0.203. The quantitative estimate of drug-likeness (QED) is 0.848. The average molecular weight is 256 g/mol. The first-order valence-corrected chi connectivity index (χ1v) is 5.23. The van der Waals surface area contributed by atoms with Crippen LogP contribution in [0.4, 0.5) is 0 Å². The van der Waals surface area contributed by atoms with Crippen molar-refractivity contribution < 1.29 is 5.11 Å². The van der Waals surface area contributed by atoms with Gasteiger partial charge in [0, 0.05) is 4.47 Å². The third-order valence-corrected chi connectivity index (χ3v) is 3.09. The molecule has 13 heavy (non-hydrogen) atoms. The topological polar surface area (TPSA) is 33.1 Å². The Morgan fingerprint density at radius 3 is 3.00 bits per heavy atom. The number of rotatable bonds is 1. The SMILES string of the molecule is C=Cc1nc2c(O)cc(Br)cc2s1. The molecule has 0 amide bonds. The molecule has 2 nitrogen and oxygen atoms in total. The molecule has 1 aromatic heterocycles. The summed E-state index contributed by atoms with van der Waals surface area (Å²) in [6.45, 7) is 3.63. The second-order valence-corrected chi connectivity index (χ2v) is 4.51. The number of fused-ring (bicyclic) bond motifs is 1. The van der Waals surface area contributed by atoms with Crippen molar-refractivity contribution in [1.29, 1.82) is 0 Å². The van der Waals surface area contributed by atoms with Gasteiger partial charge in [-0.05, 0) is 18.2 Å². The fourth-order valence-corrected chi connectivity index (χ4v) is 2.56. The van der Waals surface area contributed by atoms with Gasteiger partial charge in [-0.15, -0.1) is 11.3 Å². The van der Waals surface area contributed by atoms with Gasteiger partial charge in [-0.2, -0.15) is 0 Å². The first-order valence-electron chi connectivity index (χ1n) is 3.62. The van der Waals surface area contributed by atoms with E-state index in [2.05, 4.69) is 27.5 Å². The van der Waals surface area contributed by atoms with Gasteiger partial charge in [0.05, 0.1) is 4.70 Å². The van der Waals surface area contributed by atoms with Crippen molar-refractivity contribution in [2.45, 2.75) is 0 Å². The standard InChI is InChI=1S/C9H6BrNOS/c1-2-8-11-9-6(12)3-5(10)4-7(9)13-8/h2-4,12H,1H2. The smallest absolute Gasteiger partial charge is 0.143 e. The Morgan fingerprint density at radius 1 is 1.54 bits per heavy atom. The van der Waals surface area contributed by atoms with Crippen molar-refractivity contribution in [3.8, 4) is 5.75 Å². The van der Waals surface area contributed by atoms with Gasteiger partial charge in [-0.25, -0.2) is 4.98 Å². The molecule has 4 heteroatoms. The van der Waals surface area contributed by atoms with Gasteiger partial charge in [0.15, 0.2) is 0 Å². The lowest BCUT2D eigenvalue weighted by Gasteiger charge is -1.93. The Kier molecular flexibility index (Phi) is 2.09. The molecule has 0 radical (unpaired) electrons. The van der Waals surface area contributed by atoms with E-state index in [0.29, 0.717) is 5.52 Å². The summed E-state index contributed by atoms with van der Waals surface area (Å²) in [5.74, 6) is 0.203. The van der Waals surface area contributed by atoms with E-state index in [1.54, 1.807) is 12.1 Å². The average Bonchev–Trinajstić information content (AvgIpc) is 2.47. The summed E-state index contributed by atoms with van der Waals surface area (Å²) >= 11 is 4.81. The minimum atomic E-state index is 0.203. The fraction of sp³-hybridized carbons (Fsp3) is 0. The number of phenolic OH excluding ortho intramolecular Hbond substituents is 1. The Labute approximate surface area is 87.7 Å². The summed E-state index contributed by atoms with van der Waals surface area (Å²) in [7, 11) is 0. The zero-order valence-electron chi connectivity index (χ0n) is 6.62. The molecule has 0 aliphatic heterocycles. The third kappa shape index (κ3) is 1.47. The molecule has 0 fully saturated rings. The number of phenols is 1. The van der Waals surface area contributed by atoms with Crippen LogP contribution in [0.5, 0.6) is 5.75 Å². The number of aromatic hydroxyl groups is 1. The van der Waals surface area contributed by atoms with Gasteiger partial charge in [0.1, 0.15) is 16.3 Å². The van der Waals surface area contributed by atoms with E-state index in [9.17, 15) is 5.11 Å². The predicted molar refractivity (Wildman–Crippen MR) is 59.1 cm³/mol. The lowest BCUT2D eigenvalue weighted by molar-refractivity contribution is 0.480. The molecule has 0 bridgehead atoms. The molecule has 0 atom stereocenters. The van der Waals surface area contributed by atoms with Gasteiger partial charge in [0.25, 0.3) is 0 Å². The predicted octanol–water partition coefficient (Wildman–Crippen LogP) is 3.41. The highest BCUT2D eigenvalue weighted by Gasteiger charge is 2.06. The second kappa shape index (κ2) is 3.12. The summed E-state index contributed by atoms with van der Waals surface area (Å²) in [4.78, 5) is 4.20. The molecular weight excluding hydrogens is 250 g/mol. The maximum Gasteiger partial charge on any atom is 0.143 e. The van der Waals surface area contributed by atoms with Gasteiger partial charge in [0.2, 0.25) is 0 Å². The van der Waals surface area contributed by atoms with Crippen LogP contribution in [0.1, 0.15) is 5.01 Å². The molecule has 1 heterocycles. The zero-order chi connectivity index (χ0) is 9.42. The highest BCUT2D eigenvalue weighted by Crippen LogP contribution is 2.32. The number of nitrogens with zero attached hydrogens (tertiary/aromatic N) is 1. The van der Waals surface area contributed by atoms with Crippen LogP contribution in [-0.2, 0) is 0 Å². The molecule has 1 N–H and O–H groups in total. The molecule has 0 aliphatic rings. The van der Waals surface area contributed by atoms with E-state index in [-0.39, 0.29) is 5.75 Å². The Hall–Kier alpha value is -0.870.